The normalized spacial score (nSPS) is 9.67. The van der Waals surface area contributed by atoms with E-state index in [0.717, 1.165) is 24.1 Å². The summed E-state index contributed by atoms with van der Waals surface area (Å²) in [7, 11) is 0. The van der Waals surface area contributed by atoms with Crippen LogP contribution < -0.4 is 0 Å². The Hall–Kier alpha value is -1.40. The molecule has 0 fully saturated rings. The first-order chi connectivity index (χ1) is 7.38. The third kappa shape index (κ3) is 4.09. The predicted octanol–water partition coefficient (Wildman–Crippen LogP) is 3.68. The largest absolute Gasteiger partial charge is 0.361 e. The molecule has 0 amide bonds. The van der Waals surface area contributed by atoms with Crippen molar-refractivity contribution in [1.82, 2.24) is 0 Å². The van der Waals surface area contributed by atoms with Gasteiger partial charge in [-0.3, -0.25) is 0 Å². The topological polar surface area (TPSA) is 36.4 Å². The molecule has 0 aliphatic carbocycles. The van der Waals surface area contributed by atoms with E-state index in [9.17, 15) is 0 Å². The van der Waals surface area contributed by atoms with Crippen molar-refractivity contribution >= 4 is 5.71 Å². The van der Waals surface area contributed by atoms with Crippen LogP contribution in [0, 0.1) is 0 Å². The van der Waals surface area contributed by atoms with Crippen molar-refractivity contribution in [2.24, 2.45) is 0 Å². The number of hydrogen-bond acceptors (Lipinski definition) is 0. The third-order valence-electron chi connectivity index (χ3n) is 2.49. The van der Waals surface area contributed by atoms with E-state index in [1.807, 2.05) is 30.3 Å². The zero-order valence-corrected chi connectivity index (χ0v) is 9.32. The SMILES string of the molecule is CCCCCCC(=[N+]=[N-])c1ccccc1. The lowest BCUT2D eigenvalue weighted by Crippen LogP contribution is -2.01. The maximum atomic E-state index is 8.92. The van der Waals surface area contributed by atoms with Crippen LogP contribution in [0.1, 0.15) is 44.6 Å². The van der Waals surface area contributed by atoms with Crippen molar-refractivity contribution in [3.8, 4) is 0 Å². The molecule has 15 heavy (non-hydrogen) atoms. The molecule has 0 saturated carbocycles. The average molecular weight is 202 g/mol. The molecule has 0 N–H and O–H groups in total. The molecule has 0 spiro atoms. The first-order valence-electron chi connectivity index (χ1n) is 5.64. The average Bonchev–Trinajstić information content (AvgIpc) is 2.30. The smallest absolute Gasteiger partial charge is 0.299 e. The fourth-order valence-electron chi connectivity index (χ4n) is 1.60. The van der Waals surface area contributed by atoms with Gasteiger partial charge in [-0.05, 0) is 18.6 Å². The Morgan fingerprint density at radius 1 is 1.13 bits per heavy atom. The summed E-state index contributed by atoms with van der Waals surface area (Å²) < 4.78 is 0. The van der Waals surface area contributed by atoms with Gasteiger partial charge in [0, 0.05) is 0 Å². The van der Waals surface area contributed by atoms with Crippen LogP contribution in [0.3, 0.4) is 0 Å². The summed E-state index contributed by atoms with van der Waals surface area (Å²) in [4.78, 5) is 3.37. The van der Waals surface area contributed by atoms with Gasteiger partial charge in [0.25, 0.3) is 5.71 Å². The number of nitrogens with zero attached hydrogens (tertiary/aromatic N) is 2. The highest BCUT2D eigenvalue weighted by atomic mass is 14.9. The fraction of sp³-hybridized carbons (Fsp3) is 0.462. The van der Waals surface area contributed by atoms with Crippen LogP contribution in [0.5, 0.6) is 0 Å². The standard InChI is InChI=1S/C13H18N2/c1-2-3-4-8-11-13(15-14)12-9-6-5-7-10-12/h5-7,9-10H,2-4,8,11H2,1H3. The van der Waals surface area contributed by atoms with Crippen LogP contribution in [0.25, 0.3) is 5.53 Å². The van der Waals surface area contributed by atoms with E-state index in [-0.39, 0.29) is 0 Å². The quantitative estimate of drug-likeness (QED) is 0.292. The molecular weight excluding hydrogens is 184 g/mol. The van der Waals surface area contributed by atoms with Gasteiger partial charge < -0.3 is 5.53 Å². The Morgan fingerprint density at radius 2 is 1.87 bits per heavy atom. The summed E-state index contributed by atoms with van der Waals surface area (Å²) in [6.45, 7) is 2.19. The zero-order chi connectivity index (χ0) is 10.9. The molecule has 0 aliphatic rings. The lowest BCUT2D eigenvalue weighted by atomic mass is 10.0. The van der Waals surface area contributed by atoms with Gasteiger partial charge in [-0.15, -0.1) is 0 Å². The van der Waals surface area contributed by atoms with E-state index < -0.39 is 0 Å². The van der Waals surface area contributed by atoms with Crippen LogP contribution in [0.2, 0.25) is 0 Å². The number of hydrogen-bond donors (Lipinski definition) is 0. The molecule has 0 unspecified atom stereocenters. The van der Waals surface area contributed by atoms with E-state index in [1.165, 1.54) is 19.3 Å². The summed E-state index contributed by atoms with van der Waals surface area (Å²) in [5.74, 6) is 0. The number of benzene rings is 1. The molecule has 0 aromatic heterocycles. The maximum absolute atomic E-state index is 8.92. The molecule has 2 nitrogen and oxygen atoms in total. The van der Waals surface area contributed by atoms with E-state index in [0.29, 0.717) is 0 Å². The molecule has 0 radical (unpaired) electrons. The van der Waals surface area contributed by atoms with E-state index in [1.54, 1.807) is 0 Å². The van der Waals surface area contributed by atoms with Crippen LogP contribution in [0.4, 0.5) is 0 Å². The molecule has 1 rings (SSSR count). The summed E-state index contributed by atoms with van der Waals surface area (Å²) in [6, 6.07) is 9.86. The first-order valence-corrected chi connectivity index (χ1v) is 5.64. The number of unbranched alkanes of at least 4 members (excludes halogenated alkanes) is 3. The van der Waals surface area contributed by atoms with Crippen molar-refractivity contribution in [1.29, 1.82) is 0 Å². The molecule has 1 aromatic carbocycles. The molecular formula is C13H18N2. The molecule has 0 bridgehead atoms. The van der Waals surface area contributed by atoms with Gasteiger partial charge in [0.1, 0.15) is 0 Å². The van der Waals surface area contributed by atoms with Crippen molar-refractivity contribution in [3.05, 3.63) is 41.4 Å². The minimum Gasteiger partial charge on any atom is -0.361 e. The molecule has 0 saturated heterocycles. The maximum Gasteiger partial charge on any atom is 0.299 e. The Kier molecular flexibility index (Phi) is 5.42. The van der Waals surface area contributed by atoms with Gasteiger partial charge in [0.2, 0.25) is 0 Å². The van der Waals surface area contributed by atoms with Crippen LogP contribution in [-0.4, -0.2) is 10.5 Å². The second-order valence-corrected chi connectivity index (χ2v) is 3.72. The Labute approximate surface area is 91.6 Å². The van der Waals surface area contributed by atoms with Gasteiger partial charge in [-0.1, -0.05) is 44.4 Å². The summed E-state index contributed by atoms with van der Waals surface area (Å²) in [6.07, 6.45) is 5.66. The minimum absolute atomic E-state index is 0.798. The zero-order valence-electron chi connectivity index (χ0n) is 9.32. The number of rotatable bonds is 6. The van der Waals surface area contributed by atoms with Crippen LogP contribution >= 0.6 is 0 Å². The minimum atomic E-state index is 0.798. The summed E-state index contributed by atoms with van der Waals surface area (Å²) in [5.41, 5.74) is 10.7. The van der Waals surface area contributed by atoms with Crippen molar-refractivity contribution < 1.29 is 4.79 Å². The first kappa shape index (κ1) is 11.7. The lowest BCUT2D eigenvalue weighted by Gasteiger charge is -1.97. The second-order valence-electron chi connectivity index (χ2n) is 3.72. The van der Waals surface area contributed by atoms with E-state index >= 15 is 0 Å². The molecule has 2 heteroatoms. The van der Waals surface area contributed by atoms with Crippen molar-refractivity contribution in [3.63, 3.8) is 0 Å². The van der Waals surface area contributed by atoms with Gasteiger partial charge in [-0.25, -0.2) is 0 Å². The van der Waals surface area contributed by atoms with E-state index in [2.05, 4.69) is 11.7 Å². The molecule has 80 valence electrons. The highest BCUT2D eigenvalue weighted by molar-refractivity contribution is 5.96. The van der Waals surface area contributed by atoms with Gasteiger partial charge in [-0.2, -0.15) is 4.79 Å². The molecule has 1 aromatic rings. The van der Waals surface area contributed by atoms with Gasteiger partial charge >= 0.3 is 0 Å². The van der Waals surface area contributed by atoms with Crippen LogP contribution in [0.15, 0.2) is 30.3 Å². The summed E-state index contributed by atoms with van der Waals surface area (Å²) >= 11 is 0. The Bertz CT molecular complexity index is 324. The van der Waals surface area contributed by atoms with Crippen LogP contribution in [-0.2, 0) is 0 Å². The molecule has 0 heterocycles. The highest BCUT2D eigenvalue weighted by Gasteiger charge is 2.09. The second kappa shape index (κ2) is 6.97. The van der Waals surface area contributed by atoms with Gasteiger partial charge in [0.05, 0.1) is 12.0 Å². The fourth-order valence-corrected chi connectivity index (χ4v) is 1.60. The van der Waals surface area contributed by atoms with E-state index in [4.69, 9.17) is 5.53 Å². The van der Waals surface area contributed by atoms with Crippen molar-refractivity contribution in [2.75, 3.05) is 0 Å². The highest BCUT2D eigenvalue weighted by Crippen LogP contribution is 2.08. The lowest BCUT2D eigenvalue weighted by molar-refractivity contribution is -0.00713. The monoisotopic (exact) mass is 202 g/mol. The van der Waals surface area contributed by atoms with Crippen molar-refractivity contribution in [2.45, 2.75) is 39.0 Å². The molecule has 0 aliphatic heterocycles. The Morgan fingerprint density at radius 3 is 2.47 bits per heavy atom. The third-order valence-corrected chi connectivity index (χ3v) is 2.49. The Balaban J connectivity index is 2.48. The molecule has 0 atom stereocenters. The summed E-state index contributed by atoms with van der Waals surface area (Å²) in [5, 5.41) is 0. The predicted molar refractivity (Wildman–Crippen MR) is 62.9 cm³/mol. The van der Waals surface area contributed by atoms with Gasteiger partial charge in [0.15, 0.2) is 0 Å².